The highest BCUT2D eigenvalue weighted by atomic mass is 16.6. The van der Waals surface area contributed by atoms with Gasteiger partial charge in [-0.2, -0.15) is 0 Å². The molecule has 5 heteroatoms. The predicted octanol–water partition coefficient (Wildman–Crippen LogP) is -0.185. The molecular formula is C8H11B2NO2. The molecule has 0 radical (unpaired) electrons. The second kappa shape index (κ2) is 4.12. The van der Waals surface area contributed by atoms with Gasteiger partial charge in [-0.05, 0) is 5.46 Å². The summed E-state index contributed by atoms with van der Waals surface area (Å²) in [6.07, 6.45) is 0. The summed E-state index contributed by atoms with van der Waals surface area (Å²) in [4.78, 5) is 10.3. The van der Waals surface area contributed by atoms with Crippen molar-refractivity contribution in [1.82, 2.24) is 0 Å². The van der Waals surface area contributed by atoms with Crippen LogP contribution < -0.4 is 10.9 Å². The van der Waals surface area contributed by atoms with Crippen molar-refractivity contribution < 1.29 is 4.92 Å². The average molecular weight is 175 g/mol. The minimum atomic E-state index is -0.308. The van der Waals surface area contributed by atoms with Crippen LogP contribution in [0.2, 0.25) is 13.6 Å². The lowest BCUT2D eigenvalue weighted by Crippen LogP contribution is -2.21. The van der Waals surface area contributed by atoms with Crippen LogP contribution in [0.4, 0.5) is 5.69 Å². The van der Waals surface area contributed by atoms with E-state index in [1.807, 2.05) is 25.8 Å². The molecule has 13 heavy (non-hydrogen) atoms. The van der Waals surface area contributed by atoms with E-state index in [2.05, 4.69) is 0 Å². The largest absolute Gasteiger partial charge is 0.262 e. The van der Waals surface area contributed by atoms with E-state index < -0.39 is 0 Å². The zero-order valence-electron chi connectivity index (χ0n) is 7.91. The summed E-state index contributed by atoms with van der Waals surface area (Å²) in [6, 6.07) is 5.46. The summed E-state index contributed by atoms with van der Waals surface area (Å²) in [6.45, 7) is 3.92. The van der Waals surface area contributed by atoms with Crippen LogP contribution in [0.15, 0.2) is 18.2 Å². The SMILES string of the molecule is CBc1ccc(BC)c([N+](=O)[O-])c1. The van der Waals surface area contributed by atoms with Crippen LogP contribution >= 0.6 is 0 Å². The van der Waals surface area contributed by atoms with Crippen LogP contribution in [0.25, 0.3) is 0 Å². The van der Waals surface area contributed by atoms with E-state index in [0.717, 1.165) is 18.2 Å². The van der Waals surface area contributed by atoms with Gasteiger partial charge in [0.05, 0.1) is 4.92 Å². The Hall–Kier alpha value is -1.25. The van der Waals surface area contributed by atoms with Gasteiger partial charge >= 0.3 is 0 Å². The molecule has 0 heterocycles. The molecule has 1 aromatic carbocycles. The maximum atomic E-state index is 10.7. The normalized spacial score (nSPS) is 9.38. The molecule has 0 saturated heterocycles. The number of benzene rings is 1. The highest BCUT2D eigenvalue weighted by Crippen LogP contribution is 2.03. The maximum absolute atomic E-state index is 10.7. The van der Waals surface area contributed by atoms with Crippen LogP contribution in [0.5, 0.6) is 0 Å². The third-order valence-corrected chi connectivity index (χ3v) is 2.14. The standard InChI is InChI=1S/C8H11B2NO2/c1-9-6-3-4-7(10-2)8(5-6)11(12)13/h3-5,9-10H,1-2H3. The maximum Gasteiger partial charge on any atom is 0.262 e. The quantitative estimate of drug-likeness (QED) is 0.363. The van der Waals surface area contributed by atoms with Crippen molar-refractivity contribution in [1.29, 1.82) is 0 Å². The number of nitro benzene ring substituents is 1. The first kappa shape index (κ1) is 9.83. The number of nitro groups is 1. The van der Waals surface area contributed by atoms with E-state index in [9.17, 15) is 10.1 Å². The van der Waals surface area contributed by atoms with Crippen molar-refractivity contribution in [3.05, 3.63) is 28.3 Å². The Bertz CT molecular complexity index is 328. The fourth-order valence-electron chi connectivity index (χ4n) is 1.30. The number of nitrogens with zero attached hydrogens (tertiary/aromatic N) is 1. The van der Waals surface area contributed by atoms with Gasteiger partial charge in [-0.15, -0.1) is 0 Å². The van der Waals surface area contributed by atoms with Gasteiger partial charge in [0.15, 0.2) is 14.6 Å². The van der Waals surface area contributed by atoms with Crippen molar-refractivity contribution in [2.75, 3.05) is 0 Å². The molecule has 1 aromatic rings. The molecule has 66 valence electrons. The fraction of sp³-hybridized carbons (Fsp3) is 0.250. The Morgan fingerprint density at radius 1 is 1.31 bits per heavy atom. The molecule has 0 aliphatic rings. The summed E-state index contributed by atoms with van der Waals surface area (Å²) in [5, 5.41) is 10.7. The Morgan fingerprint density at radius 2 is 2.00 bits per heavy atom. The molecule has 3 nitrogen and oxygen atoms in total. The molecule has 0 aliphatic carbocycles. The fourth-order valence-corrected chi connectivity index (χ4v) is 1.30. The van der Waals surface area contributed by atoms with Crippen LogP contribution in [0, 0.1) is 10.1 Å². The zero-order valence-corrected chi connectivity index (χ0v) is 7.91. The molecule has 0 atom stereocenters. The number of rotatable bonds is 3. The first-order valence-electron chi connectivity index (χ1n) is 4.45. The van der Waals surface area contributed by atoms with Crippen LogP contribution in [-0.4, -0.2) is 19.5 Å². The summed E-state index contributed by atoms with van der Waals surface area (Å²) in [5.74, 6) is 0. The second-order valence-electron chi connectivity index (χ2n) is 2.93. The smallest absolute Gasteiger partial charge is 0.258 e. The van der Waals surface area contributed by atoms with Gasteiger partial charge < -0.3 is 0 Å². The predicted molar refractivity (Wildman–Crippen MR) is 58.4 cm³/mol. The number of hydrogen-bond donors (Lipinski definition) is 0. The van der Waals surface area contributed by atoms with Gasteiger partial charge in [0, 0.05) is 6.07 Å². The highest BCUT2D eigenvalue weighted by molar-refractivity contribution is 6.55. The molecular weight excluding hydrogens is 164 g/mol. The topological polar surface area (TPSA) is 43.1 Å². The van der Waals surface area contributed by atoms with E-state index in [4.69, 9.17) is 0 Å². The first-order chi connectivity index (χ1) is 6.19. The van der Waals surface area contributed by atoms with E-state index in [-0.39, 0.29) is 10.6 Å². The van der Waals surface area contributed by atoms with Gasteiger partial charge in [0.25, 0.3) is 5.69 Å². The molecule has 0 N–H and O–H groups in total. The van der Waals surface area contributed by atoms with Crippen molar-refractivity contribution in [2.45, 2.75) is 13.6 Å². The summed E-state index contributed by atoms with van der Waals surface area (Å²) in [5.41, 5.74) is 2.08. The minimum Gasteiger partial charge on any atom is -0.258 e. The summed E-state index contributed by atoms with van der Waals surface area (Å²) < 4.78 is 0. The van der Waals surface area contributed by atoms with Crippen LogP contribution in [0.1, 0.15) is 0 Å². The molecule has 0 aliphatic heterocycles. The monoisotopic (exact) mass is 175 g/mol. The van der Waals surface area contributed by atoms with Gasteiger partial charge in [0.1, 0.15) is 0 Å². The Morgan fingerprint density at radius 3 is 2.46 bits per heavy atom. The molecule has 0 spiro atoms. The van der Waals surface area contributed by atoms with Gasteiger partial charge in [-0.3, -0.25) is 10.1 Å². The van der Waals surface area contributed by atoms with Crippen molar-refractivity contribution in [3.8, 4) is 0 Å². The summed E-state index contributed by atoms with van der Waals surface area (Å²) in [7, 11) is 1.55. The van der Waals surface area contributed by atoms with E-state index in [1.165, 1.54) is 0 Å². The molecule has 0 saturated carbocycles. The van der Waals surface area contributed by atoms with Crippen molar-refractivity contribution >= 4 is 31.2 Å². The lowest BCUT2D eigenvalue weighted by molar-refractivity contribution is -0.383. The van der Waals surface area contributed by atoms with E-state index >= 15 is 0 Å². The van der Waals surface area contributed by atoms with E-state index in [0.29, 0.717) is 7.28 Å². The molecule has 0 amide bonds. The summed E-state index contributed by atoms with van der Waals surface area (Å²) >= 11 is 0. The number of hydrogen-bond acceptors (Lipinski definition) is 2. The zero-order chi connectivity index (χ0) is 9.84. The van der Waals surface area contributed by atoms with Crippen LogP contribution in [-0.2, 0) is 0 Å². The van der Waals surface area contributed by atoms with Gasteiger partial charge in [-0.25, -0.2) is 0 Å². The average Bonchev–Trinajstić information content (AvgIpc) is 2.16. The lowest BCUT2D eigenvalue weighted by atomic mass is 9.68. The molecule has 0 bridgehead atoms. The third kappa shape index (κ3) is 2.11. The Kier molecular flexibility index (Phi) is 3.12. The second-order valence-corrected chi connectivity index (χ2v) is 2.93. The van der Waals surface area contributed by atoms with Crippen molar-refractivity contribution in [2.24, 2.45) is 0 Å². The molecule has 0 fully saturated rings. The Balaban J connectivity index is 3.18. The molecule has 0 unspecified atom stereocenters. The highest BCUT2D eigenvalue weighted by Gasteiger charge is 2.12. The first-order valence-corrected chi connectivity index (χ1v) is 4.45. The van der Waals surface area contributed by atoms with Crippen LogP contribution in [0.3, 0.4) is 0 Å². The molecule has 1 rings (SSSR count). The third-order valence-electron chi connectivity index (χ3n) is 2.14. The van der Waals surface area contributed by atoms with Gasteiger partial charge in [0.2, 0.25) is 0 Å². The molecule has 0 aromatic heterocycles. The lowest BCUT2D eigenvalue weighted by Gasteiger charge is -2.00. The minimum absolute atomic E-state index is 0.252. The Labute approximate surface area is 78.8 Å². The van der Waals surface area contributed by atoms with Gasteiger partial charge in [-0.1, -0.05) is 31.2 Å². The van der Waals surface area contributed by atoms with Crippen molar-refractivity contribution in [3.63, 3.8) is 0 Å². The van der Waals surface area contributed by atoms with E-state index in [1.54, 1.807) is 6.07 Å².